The Morgan fingerprint density at radius 3 is 2.19 bits per heavy atom. The minimum absolute atomic E-state index is 0.836. The van der Waals surface area contributed by atoms with Crippen molar-refractivity contribution >= 4 is 0 Å². The van der Waals surface area contributed by atoms with Gasteiger partial charge in [0.15, 0.2) is 0 Å². The zero-order chi connectivity index (χ0) is 11.6. The number of hydrogen-bond donors (Lipinski definition) is 1. The van der Waals surface area contributed by atoms with E-state index in [-0.39, 0.29) is 0 Å². The van der Waals surface area contributed by atoms with E-state index in [4.69, 9.17) is 4.74 Å². The minimum Gasteiger partial charge on any atom is -0.380 e. The molecular formula is C12H27N3O. The fourth-order valence-electron chi connectivity index (χ4n) is 1.99. The molecule has 0 spiro atoms. The van der Waals surface area contributed by atoms with Crippen molar-refractivity contribution < 1.29 is 4.74 Å². The number of ether oxygens (including phenoxy) is 1. The summed E-state index contributed by atoms with van der Waals surface area (Å²) >= 11 is 0. The van der Waals surface area contributed by atoms with Gasteiger partial charge in [0.25, 0.3) is 0 Å². The Bertz CT molecular complexity index is 140. The van der Waals surface area contributed by atoms with Gasteiger partial charge in [-0.2, -0.15) is 0 Å². The molecule has 1 fully saturated rings. The summed E-state index contributed by atoms with van der Waals surface area (Å²) in [5, 5.41) is 3.37. The number of hydrogen-bond acceptors (Lipinski definition) is 4. The van der Waals surface area contributed by atoms with Crippen LogP contribution in [0.25, 0.3) is 0 Å². The Morgan fingerprint density at radius 1 is 1.00 bits per heavy atom. The van der Waals surface area contributed by atoms with Gasteiger partial charge < -0.3 is 10.1 Å². The molecule has 1 aliphatic heterocycles. The van der Waals surface area contributed by atoms with Gasteiger partial charge in [-0.05, 0) is 13.5 Å². The average Bonchev–Trinajstić information content (AvgIpc) is 2.32. The molecule has 0 radical (unpaired) electrons. The third-order valence-electron chi connectivity index (χ3n) is 3.08. The van der Waals surface area contributed by atoms with Crippen LogP contribution in [0.3, 0.4) is 0 Å². The van der Waals surface area contributed by atoms with Crippen molar-refractivity contribution in [2.75, 3.05) is 65.6 Å². The van der Waals surface area contributed by atoms with Gasteiger partial charge in [-0.1, -0.05) is 6.92 Å². The molecule has 1 heterocycles. The molecule has 16 heavy (non-hydrogen) atoms. The zero-order valence-electron chi connectivity index (χ0n) is 10.9. The summed E-state index contributed by atoms with van der Waals surface area (Å²) in [5.74, 6) is 0. The lowest BCUT2D eigenvalue weighted by atomic mass is 10.3. The van der Waals surface area contributed by atoms with Crippen molar-refractivity contribution in [3.63, 3.8) is 0 Å². The molecule has 0 aromatic heterocycles. The van der Waals surface area contributed by atoms with Crippen molar-refractivity contribution in [1.82, 2.24) is 15.1 Å². The standard InChI is InChI=1S/C12H27N3O/c1-3-13-5-6-14-7-9-15(10-8-14)11-12-16-4-2/h13H,3-12H2,1-2H3. The SMILES string of the molecule is CCNCCN1CCN(CCOCC)CC1. The van der Waals surface area contributed by atoms with Crippen LogP contribution in [0.15, 0.2) is 0 Å². The summed E-state index contributed by atoms with van der Waals surface area (Å²) < 4.78 is 5.38. The molecule has 1 rings (SSSR count). The van der Waals surface area contributed by atoms with E-state index in [1.165, 1.54) is 32.7 Å². The second kappa shape index (κ2) is 8.93. The van der Waals surface area contributed by atoms with Gasteiger partial charge in [0.2, 0.25) is 0 Å². The molecule has 0 bridgehead atoms. The van der Waals surface area contributed by atoms with Crippen LogP contribution in [0.1, 0.15) is 13.8 Å². The topological polar surface area (TPSA) is 27.7 Å². The molecule has 4 nitrogen and oxygen atoms in total. The third-order valence-corrected chi connectivity index (χ3v) is 3.08. The van der Waals surface area contributed by atoms with Crippen LogP contribution in [-0.4, -0.2) is 75.4 Å². The summed E-state index contributed by atoms with van der Waals surface area (Å²) in [5.41, 5.74) is 0. The quantitative estimate of drug-likeness (QED) is 0.604. The first-order valence-electron chi connectivity index (χ1n) is 6.60. The Balaban J connectivity index is 2.00. The van der Waals surface area contributed by atoms with Gasteiger partial charge in [-0.25, -0.2) is 0 Å². The molecule has 0 atom stereocenters. The highest BCUT2D eigenvalue weighted by atomic mass is 16.5. The largest absolute Gasteiger partial charge is 0.380 e. The highest BCUT2D eigenvalue weighted by molar-refractivity contribution is 4.72. The molecule has 1 saturated heterocycles. The fraction of sp³-hybridized carbons (Fsp3) is 1.00. The van der Waals surface area contributed by atoms with E-state index in [1.54, 1.807) is 0 Å². The van der Waals surface area contributed by atoms with E-state index in [2.05, 4.69) is 29.0 Å². The van der Waals surface area contributed by atoms with Crippen LogP contribution >= 0.6 is 0 Å². The Hall–Kier alpha value is -0.160. The normalized spacial score (nSPS) is 19.1. The predicted octanol–water partition coefficient (Wildman–Crippen LogP) is 0.250. The highest BCUT2D eigenvalue weighted by Crippen LogP contribution is 2.00. The molecule has 0 amide bonds. The van der Waals surface area contributed by atoms with E-state index in [0.29, 0.717) is 0 Å². The van der Waals surface area contributed by atoms with E-state index in [0.717, 1.165) is 32.8 Å². The van der Waals surface area contributed by atoms with Gasteiger partial charge in [0.1, 0.15) is 0 Å². The van der Waals surface area contributed by atoms with Crippen LogP contribution in [0, 0.1) is 0 Å². The number of nitrogens with zero attached hydrogens (tertiary/aromatic N) is 2. The summed E-state index contributed by atoms with van der Waals surface area (Å²) in [4.78, 5) is 5.04. The van der Waals surface area contributed by atoms with Crippen LogP contribution in [0.5, 0.6) is 0 Å². The van der Waals surface area contributed by atoms with Crippen molar-refractivity contribution in [2.24, 2.45) is 0 Å². The Labute approximate surface area is 99.9 Å². The molecule has 1 N–H and O–H groups in total. The zero-order valence-corrected chi connectivity index (χ0v) is 10.9. The molecule has 0 aromatic rings. The second-order valence-electron chi connectivity index (χ2n) is 4.23. The van der Waals surface area contributed by atoms with E-state index in [1.807, 2.05) is 0 Å². The number of likely N-dealkylation sites (N-methyl/N-ethyl adjacent to an activating group) is 1. The van der Waals surface area contributed by atoms with Gasteiger partial charge in [0.05, 0.1) is 6.61 Å². The molecule has 0 unspecified atom stereocenters. The molecule has 0 aromatic carbocycles. The maximum Gasteiger partial charge on any atom is 0.0593 e. The molecule has 1 aliphatic rings. The van der Waals surface area contributed by atoms with E-state index in [9.17, 15) is 0 Å². The maximum atomic E-state index is 5.38. The lowest BCUT2D eigenvalue weighted by molar-refractivity contribution is 0.0812. The third kappa shape index (κ3) is 5.80. The average molecular weight is 229 g/mol. The molecular weight excluding hydrogens is 202 g/mol. The minimum atomic E-state index is 0.836. The van der Waals surface area contributed by atoms with E-state index >= 15 is 0 Å². The van der Waals surface area contributed by atoms with Gasteiger partial charge in [-0.15, -0.1) is 0 Å². The highest BCUT2D eigenvalue weighted by Gasteiger charge is 2.15. The van der Waals surface area contributed by atoms with Crippen molar-refractivity contribution in [3.8, 4) is 0 Å². The molecule has 96 valence electrons. The summed E-state index contributed by atoms with van der Waals surface area (Å²) in [6.45, 7) is 15.2. The number of piperazine rings is 1. The van der Waals surface area contributed by atoms with Crippen LogP contribution in [0.2, 0.25) is 0 Å². The molecule has 0 saturated carbocycles. The fourth-order valence-corrected chi connectivity index (χ4v) is 1.99. The summed E-state index contributed by atoms with van der Waals surface area (Å²) in [7, 11) is 0. The number of rotatable bonds is 8. The van der Waals surface area contributed by atoms with Crippen LogP contribution in [0.4, 0.5) is 0 Å². The second-order valence-corrected chi connectivity index (χ2v) is 4.23. The number of nitrogens with one attached hydrogen (secondary N) is 1. The first-order chi connectivity index (χ1) is 7.86. The lowest BCUT2D eigenvalue weighted by Crippen LogP contribution is -2.48. The van der Waals surface area contributed by atoms with E-state index < -0.39 is 0 Å². The summed E-state index contributed by atoms with van der Waals surface area (Å²) in [6.07, 6.45) is 0. The van der Waals surface area contributed by atoms with Crippen LogP contribution in [-0.2, 0) is 4.74 Å². The predicted molar refractivity (Wildman–Crippen MR) is 67.9 cm³/mol. The maximum absolute atomic E-state index is 5.38. The smallest absolute Gasteiger partial charge is 0.0593 e. The molecule has 0 aliphatic carbocycles. The first-order valence-corrected chi connectivity index (χ1v) is 6.60. The van der Waals surface area contributed by atoms with Crippen molar-refractivity contribution in [2.45, 2.75) is 13.8 Å². The Kier molecular flexibility index (Phi) is 7.76. The van der Waals surface area contributed by atoms with Crippen molar-refractivity contribution in [1.29, 1.82) is 0 Å². The Morgan fingerprint density at radius 2 is 1.62 bits per heavy atom. The van der Waals surface area contributed by atoms with Gasteiger partial charge in [0, 0.05) is 52.4 Å². The van der Waals surface area contributed by atoms with Crippen molar-refractivity contribution in [3.05, 3.63) is 0 Å². The van der Waals surface area contributed by atoms with Gasteiger partial charge >= 0.3 is 0 Å². The monoisotopic (exact) mass is 229 g/mol. The summed E-state index contributed by atoms with van der Waals surface area (Å²) in [6, 6.07) is 0. The molecule has 4 heteroatoms. The first kappa shape index (κ1) is 13.9. The van der Waals surface area contributed by atoms with Crippen LogP contribution < -0.4 is 5.32 Å². The lowest BCUT2D eigenvalue weighted by Gasteiger charge is -2.34. The van der Waals surface area contributed by atoms with Gasteiger partial charge in [-0.3, -0.25) is 9.80 Å².